The number of rotatable bonds is 5. The van der Waals surface area contributed by atoms with Gasteiger partial charge in [-0.1, -0.05) is 41.9 Å². The summed E-state index contributed by atoms with van der Waals surface area (Å²) in [5.41, 5.74) is 3.16. The number of hydrogen-bond donors (Lipinski definition) is 1. The number of benzene rings is 3. The quantitative estimate of drug-likeness (QED) is 0.599. The molecule has 1 aliphatic heterocycles. The Morgan fingerprint density at radius 2 is 1.60 bits per heavy atom. The van der Waals surface area contributed by atoms with Gasteiger partial charge in [0, 0.05) is 41.6 Å². The van der Waals surface area contributed by atoms with E-state index in [0.717, 1.165) is 24.2 Å². The SMILES string of the molecule is O=C(Nc1ccc(N2CCCN(Cc3ccc(Cl)cc3)C2=O)cc1)c1ccccc1. The molecule has 0 unspecified atom stereocenters. The normalized spacial score (nSPS) is 14.0. The standard InChI is InChI=1S/C24H22ClN3O2/c25-20-9-7-18(8-10-20)17-27-15-4-16-28(24(27)30)22-13-11-21(12-14-22)26-23(29)19-5-2-1-3-6-19/h1-3,5-14H,4,15-17H2,(H,26,29). The van der Waals surface area contributed by atoms with Crippen molar-refractivity contribution >= 4 is 34.9 Å². The first-order chi connectivity index (χ1) is 14.6. The van der Waals surface area contributed by atoms with Gasteiger partial charge >= 0.3 is 6.03 Å². The molecule has 0 spiro atoms. The van der Waals surface area contributed by atoms with Crippen LogP contribution >= 0.6 is 11.6 Å². The maximum absolute atomic E-state index is 13.0. The van der Waals surface area contributed by atoms with E-state index in [0.29, 0.717) is 29.4 Å². The molecule has 0 aromatic heterocycles. The average Bonchev–Trinajstić information content (AvgIpc) is 2.78. The van der Waals surface area contributed by atoms with Crippen LogP contribution in [0.25, 0.3) is 0 Å². The lowest BCUT2D eigenvalue weighted by atomic mass is 10.1. The zero-order chi connectivity index (χ0) is 20.9. The summed E-state index contributed by atoms with van der Waals surface area (Å²) in [7, 11) is 0. The van der Waals surface area contributed by atoms with E-state index in [1.165, 1.54) is 0 Å². The Balaban J connectivity index is 1.42. The van der Waals surface area contributed by atoms with Gasteiger partial charge < -0.3 is 10.2 Å². The van der Waals surface area contributed by atoms with Crippen LogP contribution in [0.1, 0.15) is 22.3 Å². The maximum atomic E-state index is 13.0. The zero-order valence-corrected chi connectivity index (χ0v) is 17.2. The van der Waals surface area contributed by atoms with Gasteiger partial charge in [0.2, 0.25) is 0 Å². The van der Waals surface area contributed by atoms with E-state index in [1.807, 2.05) is 71.6 Å². The Labute approximate surface area is 180 Å². The Kier molecular flexibility index (Phi) is 6.00. The third-order valence-electron chi connectivity index (χ3n) is 5.07. The molecule has 0 aliphatic carbocycles. The molecule has 6 heteroatoms. The molecule has 1 fully saturated rings. The Morgan fingerprint density at radius 1 is 0.900 bits per heavy atom. The number of carbonyl (C=O) groups is 2. The van der Waals surface area contributed by atoms with Crippen molar-refractivity contribution in [3.05, 3.63) is 95.0 Å². The van der Waals surface area contributed by atoms with Crippen molar-refractivity contribution in [1.29, 1.82) is 0 Å². The van der Waals surface area contributed by atoms with Crippen molar-refractivity contribution in [2.24, 2.45) is 0 Å². The van der Waals surface area contributed by atoms with Crippen molar-refractivity contribution in [2.75, 3.05) is 23.3 Å². The monoisotopic (exact) mass is 419 g/mol. The van der Waals surface area contributed by atoms with Gasteiger partial charge in [0.15, 0.2) is 0 Å². The highest BCUT2D eigenvalue weighted by molar-refractivity contribution is 6.30. The Morgan fingerprint density at radius 3 is 2.30 bits per heavy atom. The van der Waals surface area contributed by atoms with Crippen molar-refractivity contribution in [1.82, 2.24) is 4.90 Å². The summed E-state index contributed by atoms with van der Waals surface area (Å²) >= 11 is 5.95. The number of anilines is 2. The van der Waals surface area contributed by atoms with Crippen molar-refractivity contribution in [2.45, 2.75) is 13.0 Å². The van der Waals surface area contributed by atoms with Gasteiger partial charge in [-0.3, -0.25) is 9.69 Å². The summed E-state index contributed by atoms with van der Waals surface area (Å²) in [6.07, 6.45) is 0.895. The van der Waals surface area contributed by atoms with Crippen LogP contribution in [0.4, 0.5) is 16.2 Å². The maximum Gasteiger partial charge on any atom is 0.324 e. The second kappa shape index (κ2) is 9.01. The molecule has 0 saturated carbocycles. The fourth-order valence-corrected chi connectivity index (χ4v) is 3.62. The first kappa shape index (κ1) is 20.0. The fraction of sp³-hybridized carbons (Fsp3) is 0.167. The van der Waals surface area contributed by atoms with Crippen LogP contribution in [0, 0.1) is 0 Å². The highest BCUT2D eigenvalue weighted by Crippen LogP contribution is 2.24. The van der Waals surface area contributed by atoms with E-state index in [9.17, 15) is 9.59 Å². The molecule has 152 valence electrons. The zero-order valence-electron chi connectivity index (χ0n) is 16.4. The first-order valence-electron chi connectivity index (χ1n) is 9.87. The summed E-state index contributed by atoms with van der Waals surface area (Å²) in [4.78, 5) is 28.9. The molecular weight excluding hydrogens is 398 g/mol. The Hall–Kier alpha value is -3.31. The molecular formula is C24H22ClN3O2. The van der Waals surface area contributed by atoms with Gasteiger partial charge in [0.25, 0.3) is 5.91 Å². The molecule has 3 aromatic rings. The number of urea groups is 1. The summed E-state index contributed by atoms with van der Waals surface area (Å²) in [6, 6.07) is 24.0. The van der Waals surface area contributed by atoms with E-state index in [1.54, 1.807) is 17.0 Å². The second-order valence-electron chi connectivity index (χ2n) is 7.20. The summed E-state index contributed by atoms with van der Waals surface area (Å²) in [5.74, 6) is -0.161. The second-order valence-corrected chi connectivity index (χ2v) is 7.64. The molecule has 30 heavy (non-hydrogen) atoms. The number of halogens is 1. The smallest absolute Gasteiger partial charge is 0.322 e. The number of carbonyl (C=O) groups excluding carboxylic acids is 2. The van der Waals surface area contributed by atoms with Crippen molar-refractivity contribution < 1.29 is 9.59 Å². The van der Waals surface area contributed by atoms with Gasteiger partial charge in [-0.2, -0.15) is 0 Å². The molecule has 3 amide bonds. The van der Waals surface area contributed by atoms with E-state index >= 15 is 0 Å². The van der Waals surface area contributed by atoms with Gasteiger partial charge in [0.1, 0.15) is 0 Å². The Bertz CT molecular complexity index is 1020. The largest absolute Gasteiger partial charge is 0.324 e. The van der Waals surface area contributed by atoms with Crippen LogP contribution in [0.15, 0.2) is 78.9 Å². The van der Waals surface area contributed by atoms with Gasteiger partial charge in [-0.05, 0) is 60.5 Å². The lowest BCUT2D eigenvalue weighted by Gasteiger charge is -2.35. The molecule has 5 nitrogen and oxygen atoms in total. The minimum absolute atomic E-state index is 0.0164. The third-order valence-corrected chi connectivity index (χ3v) is 5.32. The molecule has 0 atom stereocenters. The number of nitrogens with one attached hydrogen (secondary N) is 1. The molecule has 1 saturated heterocycles. The van der Waals surface area contributed by atoms with Gasteiger partial charge in [-0.15, -0.1) is 0 Å². The molecule has 1 heterocycles. The number of amides is 3. The van der Waals surface area contributed by atoms with Crippen LogP contribution in [-0.2, 0) is 6.54 Å². The van der Waals surface area contributed by atoms with Crippen LogP contribution < -0.4 is 10.2 Å². The number of nitrogens with zero attached hydrogens (tertiary/aromatic N) is 2. The van der Waals surface area contributed by atoms with Gasteiger partial charge in [0.05, 0.1) is 0 Å². The summed E-state index contributed by atoms with van der Waals surface area (Å²) in [5, 5.41) is 3.57. The van der Waals surface area contributed by atoms with Crippen LogP contribution in [0.3, 0.4) is 0 Å². The molecule has 0 bridgehead atoms. The molecule has 1 N–H and O–H groups in total. The van der Waals surface area contributed by atoms with Crippen LogP contribution in [0.5, 0.6) is 0 Å². The van der Waals surface area contributed by atoms with Crippen molar-refractivity contribution in [3.63, 3.8) is 0 Å². The summed E-state index contributed by atoms with van der Waals surface area (Å²) in [6.45, 7) is 1.95. The van der Waals surface area contributed by atoms with E-state index in [-0.39, 0.29) is 11.9 Å². The highest BCUT2D eigenvalue weighted by Gasteiger charge is 2.26. The fourth-order valence-electron chi connectivity index (χ4n) is 3.50. The lowest BCUT2D eigenvalue weighted by molar-refractivity contribution is 0.102. The van der Waals surface area contributed by atoms with E-state index < -0.39 is 0 Å². The molecule has 4 rings (SSSR count). The van der Waals surface area contributed by atoms with Crippen LogP contribution in [-0.4, -0.2) is 29.9 Å². The van der Waals surface area contributed by atoms with E-state index in [2.05, 4.69) is 5.32 Å². The predicted molar refractivity (Wildman–Crippen MR) is 120 cm³/mol. The third kappa shape index (κ3) is 4.63. The van der Waals surface area contributed by atoms with Crippen molar-refractivity contribution in [3.8, 4) is 0 Å². The molecule has 3 aromatic carbocycles. The molecule has 1 aliphatic rings. The highest BCUT2D eigenvalue weighted by atomic mass is 35.5. The minimum Gasteiger partial charge on any atom is -0.322 e. The topological polar surface area (TPSA) is 52.7 Å². The van der Waals surface area contributed by atoms with E-state index in [4.69, 9.17) is 11.6 Å². The number of hydrogen-bond acceptors (Lipinski definition) is 2. The van der Waals surface area contributed by atoms with Crippen LogP contribution in [0.2, 0.25) is 5.02 Å². The predicted octanol–water partition coefficient (Wildman–Crippen LogP) is 5.42. The first-order valence-corrected chi connectivity index (χ1v) is 10.3. The lowest BCUT2D eigenvalue weighted by Crippen LogP contribution is -2.49. The van der Waals surface area contributed by atoms with Gasteiger partial charge in [-0.25, -0.2) is 4.79 Å². The molecule has 0 radical (unpaired) electrons. The summed E-state index contributed by atoms with van der Waals surface area (Å²) < 4.78 is 0. The minimum atomic E-state index is -0.161. The average molecular weight is 420 g/mol.